The Labute approximate surface area is 125 Å². The normalized spacial score (nSPS) is 23.5. The third-order valence-electron chi connectivity index (χ3n) is 3.65. The van der Waals surface area contributed by atoms with E-state index in [1.54, 1.807) is 0 Å². The van der Waals surface area contributed by atoms with Crippen LogP contribution in [-0.4, -0.2) is 20.5 Å². The lowest BCUT2D eigenvalue weighted by Gasteiger charge is -2.26. The van der Waals surface area contributed by atoms with E-state index < -0.39 is 32.5 Å². The molecule has 1 aromatic carbocycles. The molecule has 0 spiro atoms. The van der Waals surface area contributed by atoms with Gasteiger partial charge >= 0.3 is 6.18 Å². The second-order valence-corrected chi connectivity index (χ2v) is 7.09. The van der Waals surface area contributed by atoms with Gasteiger partial charge in [0.25, 0.3) is 0 Å². The third kappa shape index (κ3) is 3.96. The zero-order valence-electron chi connectivity index (χ0n) is 11.5. The lowest BCUT2D eigenvalue weighted by molar-refractivity contribution is -0.140. The summed E-state index contributed by atoms with van der Waals surface area (Å²) in [5.41, 5.74) is 4.12. The molecule has 1 fully saturated rings. The minimum atomic E-state index is -4.95. The summed E-state index contributed by atoms with van der Waals surface area (Å²) in [5, 5.41) is 0. The van der Waals surface area contributed by atoms with E-state index in [9.17, 15) is 26.0 Å². The summed E-state index contributed by atoms with van der Waals surface area (Å²) in [7, 11) is -4.13. The molecule has 0 bridgehead atoms. The summed E-state index contributed by atoms with van der Waals surface area (Å²) in [6.07, 6.45) is -2.62. The zero-order valence-corrected chi connectivity index (χ0v) is 12.3. The summed E-state index contributed by atoms with van der Waals surface area (Å²) >= 11 is 0. The average molecular weight is 340 g/mol. The molecular formula is C13H16F4N2O2S. The SMILES string of the molecule is NC1CCC(NS(=O)(=O)c2ccc(F)c(C(F)(F)F)c2)CC1. The maximum Gasteiger partial charge on any atom is 0.419 e. The highest BCUT2D eigenvalue weighted by molar-refractivity contribution is 7.89. The maximum absolute atomic E-state index is 13.2. The predicted octanol–water partition coefficient (Wildman–Crippen LogP) is 2.39. The van der Waals surface area contributed by atoms with Gasteiger partial charge in [-0.15, -0.1) is 0 Å². The Kier molecular flexibility index (Phi) is 4.78. The number of sulfonamides is 1. The van der Waals surface area contributed by atoms with Gasteiger partial charge in [-0.25, -0.2) is 17.5 Å². The fourth-order valence-electron chi connectivity index (χ4n) is 2.41. The zero-order chi connectivity index (χ0) is 16.5. The van der Waals surface area contributed by atoms with Gasteiger partial charge in [-0.05, 0) is 43.9 Å². The summed E-state index contributed by atoms with van der Waals surface area (Å²) in [6.45, 7) is 0. The first kappa shape index (κ1) is 17.2. The van der Waals surface area contributed by atoms with Crippen LogP contribution in [0.15, 0.2) is 23.1 Å². The van der Waals surface area contributed by atoms with Crippen molar-refractivity contribution in [2.45, 2.75) is 48.8 Å². The molecule has 9 heteroatoms. The molecule has 0 aliphatic heterocycles. The fourth-order valence-corrected chi connectivity index (χ4v) is 3.74. The molecule has 0 aromatic heterocycles. The molecular weight excluding hydrogens is 324 g/mol. The standard InChI is InChI=1S/C13H16F4N2O2S/c14-12-6-5-10(7-11(12)13(15,16)17)22(20,21)19-9-3-1-8(18)2-4-9/h5-9,19H,1-4,18H2. The molecule has 3 N–H and O–H groups in total. The van der Waals surface area contributed by atoms with Crippen molar-refractivity contribution in [3.05, 3.63) is 29.6 Å². The van der Waals surface area contributed by atoms with Gasteiger partial charge in [0, 0.05) is 12.1 Å². The van der Waals surface area contributed by atoms with E-state index in [1.807, 2.05) is 0 Å². The molecule has 0 saturated heterocycles. The van der Waals surface area contributed by atoms with Crippen molar-refractivity contribution in [1.82, 2.24) is 4.72 Å². The number of nitrogens with one attached hydrogen (secondary N) is 1. The molecule has 0 radical (unpaired) electrons. The molecule has 0 amide bonds. The Balaban J connectivity index is 2.23. The first-order valence-electron chi connectivity index (χ1n) is 6.74. The van der Waals surface area contributed by atoms with Crippen LogP contribution in [0.4, 0.5) is 17.6 Å². The van der Waals surface area contributed by atoms with Crippen LogP contribution in [0.5, 0.6) is 0 Å². The topological polar surface area (TPSA) is 72.2 Å². The van der Waals surface area contributed by atoms with Crippen LogP contribution < -0.4 is 10.5 Å². The predicted molar refractivity (Wildman–Crippen MR) is 72.0 cm³/mol. The van der Waals surface area contributed by atoms with Crippen molar-refractivity contribution in [1.29, 1.82) is 0 Å². The smallest absolute Gasteiger partial charge is 0.328 e. The quantitative estimate of drug-likeness (QED) is 0.830. The highest BCUT2D eigenvalue weighted by atomic mass is 32.2. The van der Waals surface area contributed by atoms with Crippen molar-refractivity contribution in [2.24, 2.45) is 5.73 Å². The highest BCUT2D eigenvalue weighted by Crippen LogP contribution is 2.33. The Morgan fingerprint density at radius 3 is 2.27 bits per heavy atom. The van der Waals surface area contributed by atoms with E-state index >= 15 is 0 Å². The fraction of sp³-hybridized carbons (Fsp3) is 0.538. The van der Waals surface area contributed by atoms with E-state index in [0.717, 1.165) is 6.07 Å². The number of nitrogens with two attached hydrogens (primary N) is 1. The Bertz CT molecular complexity index is 638. The van der Waals surface area contributed by atoms with Crippen molar-refractivity contribution in [3.63, 3.8) is 0 Å². The second kappa shape index (κ2) is 6.13. The van der Waals surface area contributed by atoms with Crippen molar-refractivity contribution in [2.75, 3.05) is 0 Å². The molecule has 2 rings (SSSR count). The first-order valence-corrected chi connectivity index (χ1v) is 8.22. The summed E-state index contributed by atoms with van der Waals surface area (Å²) in [5.74, 6) is -1.50. The lowest BCUT2D eigenvalue weighted by Crippen LogP contribution is -2.40. The van der Waals surface area contributed by atoms with Gasteiger partial charge in [-0.2, -0.15) is 13.2 Å². The van der Waals surface area contributed by atoms with Crippen LogP contribution in [0.25, 0.3) is 0 Å². The van der Waals surface area contributed by atoms with Crippen LogP contribution in [0, 0.1) is 5.82 Å². The number of alkyl halides is 3. The van der Waals surface area contributed by atoms with Gasteiger partial charge in [-0.3, -0.25) is 0 Å². The highest BCUT2D eigenvalue weighted by Gasteiger charge is 2.35. The van der Waals surface area contributed by atoms with Crippen LogP contribution in [0.1, 0.15) is 31.2 Å². The van der Waals surface area contributed by atoms with Gasteiger partial charge in [0.1, 0.15) is 5.82 Å². The summed E-state index contributed by atoms with van der Waals surface area (Å²) in [4.78, 5) is -0.601. The van der Waals surface area contributed by atoms with Gasteiger partial charge in [0.15, 0.2) is 0 Å². The number of hydrogen-bond acceptors (Lipinski definition) is 3. The number of rotatable bonds is 3. The Hall–Kier alpha value is -1.19. The van der Waals surface area contributed by atoms with E-state index in [0.29, 0.717) is 37.8 Å². The number of halogens is 4. The Morgan fingerprint density at radius 1 is 1.14 bits per heavy atom. The van der Waals surface area contributed by atoms with E-state index in [2.05, 4.69) is 4.72 Å². The largest absolute Gasteiger partial charge is 0.419 e. The molecule has 0 unspecified atom stereocenters. The van der Waals surface area contributed by atoms with E-state index in [4.69, 9.17) is 5.73 Å². The maximum atomic E-state index is 13.2. The monoisotopic (exact) mass is 340 g/mol. The van der Waals surface area contributed by atoms with Crippen LogP contribution in [-0.2, 0) is 16.2 Å². The second-order valence-electron chi connectivity index (χ2n) is 5.37. The number of hydrogen-bond donors (Lipinski definition) is 2. The molecule has 0 heterocycles. The van der Waals surface area contributed by atoms with Crippen LogP contribution in [0.3, 0.4) is 0 Å². The molecule has 124 valence electrons. The van der Waals surface area contributed by atoms with Gasteiger partial charge in [0.2, 0.25) is 10.0 Å². The molecule has 1 aliphatic carbocycles. The van der Waals surface area contributed by atoms with Gasteiger partial charge in [-0.1, -0.05) is 0 Å². The summed E-state index contributed by atoms with van der Waals surface area (Å²) in [6, 6.07) is 1.29. The third-order valence-corrected chi connectivity index (χ3v) is 5.17. The minimum Gasteiger partial charge on any atom is -0.328 e. The molecule has 22 heavy (non-hydrogen) atoms. The van der Waals surface area contributed by atoms with Crippen molar-refractivity contribution in [3.8, 4) is 0 Å². The van der Waals surface area contributed by atoms with E-state index in [-0.39, 0.29) is 12.1 Å². The lowest BCUT2D eigenvalue weighted by atomic mass is 9.93. The molecule has 1 aromatic rings. The van der Waals surface area contributed by atoms with Crippen molar-refractivity contribution >= 4 is 10.0 Å². The molecule has 4 nitrogen and oxygen atoms in total. The Morgan fingerprint density at radius 2 is 1.73 bits per heavy atom. The average Bonchev–Trinajstić information content (AvgIpc) is 2.40. The van der Waals surface area contributed by atoms with Gasteiger partial charge < -0.3 is 5.73 Å². The molecule has 1 saturated carbocycles. The van der Waals surface area contributed by atoms with Crippen molar-refractivity contribution < 1.29 is 26.0 Å². The van der Waals surface area contributed by atoms with Gasteiger partial charge in [0.05, 0.1) is 10.5 Å². The van der Waals surface area contributed by atoms with E-state index in [1.165, 1.54) is 0 Å². The summed E-state index contributed by atoms with van der Waals surface area (Å²) < 4.78 is 77.8. The van der Waals surface area contributed by atoms with Crippen LogP contribution in [0.2, 0.25) is 0 Å². The molecule has 0 atom stereocenters. The minimum absolute atomic E-state index is 0.0170. The number of benzene rings is 1. The van der Waals surface area contributed by atoms with Crippen LogP contribution >= 0.6 is 0 Å². The first-order chi connectivity index (χ1) is 10.1. The molecule has 1 aliphatic rings.